The lowest BCUT2D eigenvalue weighted by Gasteiger charge is -2.34. The summed E-state index contributed by atoms with van der Waals surface area (Å²) in [5, 5.41) is 5.53. The first kappa shape index (κ1) is 20.5. The van der Waals surface area contributed by atoms with E-state index in [1.54, 1.807) is 15.9 Å². The summed E-state index contributed by atoms with van der Waals surface area (Å²) in [6.07, 6.45) is -0.0230. The maximum absolute atomic E-state index is 12.6. The standard InChI is InChI=1S/C20H24ClN3O3S/c1-14(2)27-19-15(21)5-3-6-16(19)22-13-18(25)23-8-10-24(11-9-23)20(26)17-7-4-12-28-17/h3-7,12,14,22H,8-11,13H2,1-2H3. The zero-order chi connectivity index (χ0) is 20.1. The molecule has 0 bridgehead atoms. The highest BCUT2D eigenvalue weighted by Crippen LogP contribution is 2.33. The lowest BCUT2D eigenvalue weighted by Crippen LogP contribution is -2.51. The summed E-state index contributed by atoms with van der Waals surface area (Å²) in [5.41, 5.74) is 0.695. The topological polar surface area (TPSA) is 61.9 Å². The third kappa shape index (κ3) is 4.97. The fourth-order valence-electron chi connectivity index (χ4n) is 3.00. The number of benzene rings is 1. The first-order valence-corrected chi connectivity index (χ1v) is 10.5. The molecular formula is C20H24ClN3O3S. The molecule has 1 aromatic heterocycles. The SMILES string of the molecule is CC(C)Oc1c(Cl)cccc1NCC(=O)N1CCN(C(=O)c2cccs2)CC1. The highest BCUT2D eigenvalue weighted by molar-refractivity contribution is 7.12. The Morgan fingerprint density at radius 2 is 1.86 bits per heavy atom. The Balaban J connectivity index is 1.53. The van der Waals surface area contributed by atoms with Crippen LogP contribution in [0.1, 0.15) is 23.5 Å². The van der Waals surface area contributed by atoms with Crippen LogP contribution in [0.25, 0.3) is 0 Å². The van der Waals surface area contributed by atoms with Gasteiger partial charge in [-0.25, -0.2) is 0 Å². The molecule has 150 valence electrons. The monoisotopic (exact) mass is 421 g/mol. The number of piperazine rings is 1. The van der Waals surface area contributed by atoms with Crippen molar-refractivity contribution in [3.8, 4) is 5.75 Å². The average molecular weight is 422 g/mol. The van der Waals surface area contributed by atoms with E-state index >= 15 is 0 Å². The van der Waals surface area contributed by atoms with E-state index in [1.807, 2.05) is 43.5 Å². The van der Waals surface area contributed by atoms with Gasteiger partial charge >= 0.3 is 0 Å². The molecule has 2 heterocycles. The van der Waals surface area contributed by atoms with E-state index in [9.17, 15) is 9.59 Å². The third-order valence-electron chi connectivity index (χ3n) is 4.40. The van der Waals surface area contributed by atoms with E-state index in [1.165, 1.54) is 11.3 Å². The highest BCUT2D eigenvalue weighted by Gasteiger charge is 2.25. The number of hydrogen-bond donors (Lipinski definition) is 1. The Hall–Kier alpha value is -2.25. The summed E-state index contributed by atoms with van der Waals surface area (Å²) in [4.78, 5) is 29.3. The van der Waals surface area contributed by atoms with Crippen molar-refractivity contribution in [3.05, 3.63) is 45.6 Å². The van der Waals surface area contributed by atoms with Gasteiger partial charge in [-0.15, -0.1) is 11.3 Å². The summed E-state index contributed by atoms with van der Waals surface area (Å²) in [5.74, 6) is 0.576. The fourth-order valence-corrected chi connectivity index (χ4v) is 3.91. The van der Waals surface area contributed by atoms with Crippen LogP contribution in [-0.2, 0) is 4.79 Å². The van der Waals surface area contributed by atoms with Gasteiger partial charge in [0.05, 0.1) is 28.2 Å². The number of carbonyl (C=O) groups is 2. The minimum atomic E-state index is -0.0230. The second-order valence-corrected chi connectivity index (χ2v) is 8.14. The number of ether oxygens (including phenoxy) is 1. The van der Waals surface area contributed by atoms with Crippen molar-refractivity contribution in [3.63, 3.8) is 0 Å². The van der Waals surface area contributed by atoms with Gasteiger partial charge in [0.2, 0.25) is 5.91 Å². The van der Waals surface area contributed by atoms with Crippen LogP contribution < -0.4 is 10.1 Å². The predicted molar refractivity (Wildman–Crippen MR) is 113 cm³/mol. The van der Waals surface area contributed by atoms with E-state index in [0.29, 0.717) is 42.6 Å². The number of amides is 2. The van der Waals surface area contributed by atoms with Gasteiger partial charge < -0.3 is 19.9 Å². The van der Waals surface area contributed by atoms with Crippen molar-refractivity contribution in [1.29, 1.82) is 0 Å². The van der Waals surface area contributed by atoms with Crippen LogP contribution in [-0.4, -0.2) is 60.4 Å². The minimum Gasteiger partial charge on any atom is -0.487 e. The van der Waals surface area contributed by atoms with Crippen molar-refractivity contribution < 1.29 is 14.3 Å². The zero-order valence-electron chi connectivity index (χ0n) is 16.0. The molecule has 1 fully saturated rings. The lowest BCUT2D eigenvalue weighted by atomic mass is 10.2. The quantitative estimate of drug-likeness (QED) is 0.774. The Morgan fingerprint density at radius 3 is 2.50 bits per heavy atom. The molecule has 0 saturated carbocycles. The zero-order valence-corrected chi connectivity index (χ0v) is 17.6. The molecule has 0 atom stereocenters. The highest BCUT2D eigenvalue weighted by atomic mass is 35.5. The van der Waals surface area contributed by atoms with Gasteiger partial charge in [0, 0.05) is 26.2 Å². The van der Waals surface area contributed by atoms with E-state index in [2.05, 4.69) is 5.32 Å². The van der Waals surface area contributed by atoms with Crippen molar-refractivity contribution in [2.24, 2.45) is 0 Å². The first-order chi connectivity index (χ1) is 13.5. The maximum Gasteiger partial charge on any atom is 0.264 e. The maximum atomic E-state index is 12.6. The molecule has 0 radical (unpaired) electrons. The number of anilines is 1. The van der Waals surface area contributed by atoms with Crippen molar-refractivity contribution in [2.45, 2.75) is 20.0 Å². The second kappa shape index (κ2) is 9.30. The van der Waals surface area contributed by atoms with Crippen LogP contribution in [0, 0.1) is 0 Å². The van der Waals surface area contributed by atoms with Crippen molar-refractivity contribution in [2.75, 3.05) is 38.0 Å². The number of nitrogens with one attached hydrogen (secondary N) is 1. The predicted octanol–water partition coefficient (Wildman–Crippen LogP) is 3.59. The summed E-state index contributed by atoms with van der Waals surface area (Å²) >= 11 is 7.67. The molecule has 3 rings (SSSR count). The van der Waals surface area contributed by atoms with Gasteiger partial charge in [-0.1, -0.05) is 23.7 Å². The number of hydrogen-bond acceptors (Lipinski definition) is 5. The van der Waals surface area contributed by atoms with E-state index < -0.39 is 0 Å². The summed E-state index contributed by atoms with van der Waals surface area (Å²) in [6.45, 7) is 6.14. The molecule has 0 aliphatic carbocycles. The van der Waals surface area contributed by atoms with E-state index in [-0.39, 0.29) is 24.5 Å². The molecule has 1 aliphatic heterocycles. The molecule has 1 N–H and O–H groups in total. The van der Waals surface area contributed by atoms with E-state index in [0.717, 1.165) is 4.88 Å². The molecule has 8 heteroatoms. The Morgan fingerprint density at radius 1 is 1.14 bits per heavy atom. The summed E-state index contributed by atoms with van der Waals surface area (Å²) < 4.78 is 5.77. The van der Waals surface area contributed by atoms with Gasteiger partial charge in [0.25, 0.3) is 5.91 Å². The molecule has 1 aromatic carbocycles. The van der Waals surface area contributed by atoms with E-state index in [4.69, 9.17) is 16.3 Å². The van der Waals surface area contributed by atoms with Gasteiger partial charge in [0.1, 0.15) is 0 Å². The molecule has 0 spiro atoms. The summed E-state index contributed by atoms with van der Waals surface area (Å²) in [7, 11) is 0. The Kier molecular flexibility index (Phi) is 6.80. The molecule has 1 aliphatic rings. The second-order valence-electron chi connectivity index (χ2n) is 6.79. The number of para-hydroxylation sites is 1. The number of carbonyl (C=O) groups excluding carboxylic acids is 2. The Labute approximate surface area is 174 Å². The molecule has 1 saturated heterocycles. The molecule has 0 unspecified atom stereocenters. The number of halogens is 1. The largest absolute Gasteiger partial charge is 0.487 e. The molecule has 2 amide bonds. The summed E-state index contributed by atoms with van der Waals surface area (Å²) in [6, 6.07) is 9.12. The molecule has 6 nitrogen and oxygen atoms in total. The lowest BCUT2D eigenvalue weighted by molar-refractivity contribution is -0.130. The first-order valence-electron chi connectivity index (χ1n) is 9.25. The number of nitrogens with zero attached hydrogens (tertiary/aromatic N) is 2. The Bertz CT molecular complexity index is 818. The van der Waals surface area contributed by atoms with Crippen molar-refractivity contribution >= 4 is 40.4 Å². The van der Waals surface area contributed by atoms with Gasteiger partial charge in [-0.3, -0.25) is 9.59 Å². The molecule has 2 aromatic rings. The van der Waals surface area contributed by atoms with Crippen LogP contribution in [0.5, 0.6) is 5.75 Å². The fraction of sp³-hybridized carbons (Fsp3) is 0.400. The number of thiophene rings is 1. The third-order valence-corrected chi connectivity index (χ3v) is 5.56. The number of rotatable bonds is 6. The van der Waals surface area contributed by atoms with Crippen LogP contribution in [0.4, 0.5) is 5.69 Å². The van der Waals surface area contributed by atoms with Crippen molar-refractivity contribution in [1.82, 2.24) is 9.80 Å². The van der Waals surface area contributed by atoms with Gasteiger partial charge in [-0.05, 0) is 37.4 Å². The van der Waals surface area contributed by atoms with Gasteiger partial charge in [0.15, 0.2) is 5.75 Å². The minimum absolute atomic E-state index is 0.0151. The average Bonchev–Trinajstić information content (AvgIpc) is 3.22. The van der Waals surface area contributed by atoms with Crippen LogP contribution >= 0.6 is 22.9 Å². The van der Waals surface area contributed by atoms with Crippen LogP contribution in [0.2, 0.25) is 5.02 Å². The smallest absolute Gasteiger partial charge is 0.264 e. The molecular weight excluding hydrogens is 398 g/mol. The van der Waals surface area contributed by atoms with Crippen LogP contribution in [0.3, 0.4) is 0 Å². The molecule has 28 heavy (non-hydrogen) atoms. The van der Waals surface area contributed by atoms with Crippen LogP contribution in [0.15, 0.2) is 35.7 Å². The normalized spacial score (nSPS) is 14.3. The van der Waals surface area contributed by atoms with Gasteiger partial charge in [-0.2, -0.15) is 0 Å².